The molecular weight excluding hydrogens is 260 g/mol. The summed E-state index contributed by atoms with van der Waals surface area (Å²) in [5, 5.41) is 9.37. The van der Waals surface area contributed by atoms with Crippen LogP contribution in [-0.2, 0) is 6.42 Å². The third-order valence-electron chi connectivity index (χ3n) is 4.17. The molecule has 106 valence electrons. The lowest BCUT2D eigenvalue weighted by molar-refractivity contribution is 0.467. The summed E-state index contributed by atoms with van der Waals surface area (Å²) in [7, 11) is 2.10. The molecule has 21 heavy (non-hydrogen) atoms. The second kappa shape index (κ2) is 5.49. The Balaban J connectivity index is 2.08. The number of nitriles is 1. The lowest BCUT2D eigenvalue weighted by Gasteiger charge is -2.34. The molecule has 0 saturated heterocycles. The van der Waals surface area contributed by atoms with Crippen LogP contribution in [0, 0.1) is 11.3 Å². The maximum absolute atomic E-state index is 9.37. The first-order valence-corrected chi connectivity index (χ1v) is 7.22. The van der Waals surface area contributed by atoms with Gasteiger partial charge in [0.05, 0.1) is 5.56 Å². The molecular formula is C18H18N2O. The van der Waals surface area contributed by atoms with Crippen molar-refractivity contribution in [3.8, 4) is 17.6 Å². The Hall–Kier alpha value is -2.47. The zero-order chi connectivity index (χ0) is 14.8. The molecule has 0 bridgehead atoms. The van der Waals surface area contributed by atoms with Gasteiger partial charge in [-0.25, -0.2) is 0 Å². The minimum atomic E-state index is 0.509. The van der Waals surface area contributed by atoms with Gasteiger partial charge in [0.2, 0.25) is 0 Å². The van der Waals surface area contributed by atoms with Crippen LogP contribution in [0.5, 0.6) is 11.5 Å². The smallest absolute Gasteiger partial charge is 0.150 e. The number of ether oxygens (including phenoxy) is 1. The number of anilines is 1. The molecule has 2 aromatic carbocycles. The lowest BCUT2D eigenvalue weighted by atomic mass is 9.94. The van der Waals surface area contributed by atoms with Crippen LogP contribution in [0.4, 0.5) is 5.69 Å². The summed E-state index contributed by atoms with van der Waals surface area (Å²) >= 11 is 0. The van der Waals surface area contributed by atoms with Crippen LogP contribution >= 0.6 is 0 Å². The van der Waals surface area contributed by atoms with Crippen molar-refractivity contribution in [2.75, 3.05) is 11.9 Å². The van der Waals surface area contributed by atoms with E-state index in [1.807, 2.05) is 42.5 Å². The van der Waals surface area contributed by atoms with Gasteiger partial charge in [-0.15, -0.1) is 0 Å². The molecule has 0 spiro atoms. The van der Waals surface area contributed by atoms with Gasteiger partial charge in [-0.3, -0.25) is 0 Å². The van der Waals surface area contributed by atoms with Crippen LogP contribution in [0.2, 0.25) is 0 Å². The summed E-state index contributed by atoms with van der Waals surface area (Å²) in [5.41, 5.74) is 2.90. The molecule has 2 aromatic rings. The molecule has 0 aromatic heterocycles. The largest absolute Gasteiger partial charge is 0.456 e. The normalized spacial score (nSPS) is 17.0. The second-order valence-electron chi connectivity index (χ2n) is 5.47. The summed E-state index contributed by atoms with van der Waals surface area (Å²) in [5.74, 6) is 1.48. The highest BCUT2D eigenvalue weighted by Crippen LogP contribution is 2.39. The Morgan fingerprint density at radius 3 is 2.67 bits per heavy atom. The molecule has 3 rings (SSSR count). The Kier molecular flexibility index (Phi) is 3.53. The summed E-state index contributed by atoms with van der Waals surface area (Å²) in [4.78, 5) is 2.26. The van der Waals surface area contributed by atoms with Crippen molar-refractivity contribution in [2.24, 2.45) is 0 Å². The Bertz CT molecular complexity index is 688. The second-order valence-corrected chi connectivity index (χ2v) is 5.47. The zero-order valence-electron chi connectivity index (χ0n) is 12.3. The highest BCUT2D eigenvalue weighted by Gasteiger charge is 2.25. The van der Waals surface area contributed by atoms with Crippen molar-refractivity contribution >= 4 is 5.69 Å². The number of para-hydroxylation sites is 1. The third-order valence-corrected chi connectivity index (χ3v) is 4.17. The standard InChI is InChI=1S/C18H18N2O/c1-13-8-10-16-17(20(13)2)11-9-14(12-19)18(16)21-15-6-4-3-5-7-15/h3-7,9,11,13H,8,10H2,1-2H3. The van der Waals surface area contributed by atoms with Crippen LogP contribution < -0.4 is 9.64 Å². The van der Waals surface area contributed by atoms with Crippen molar-refractivity contribution in [1.82, 2.24) is 0 Å². The monoisotopic (exact) mass is 278 g/mol. The van der Waals surface area contributed by atoms with Gasteiger partial charge < -0.3 is 9.64 Å². The fraction of sp³-hybridized carbons (Fsp3) is 0.278. The topological polar surface area (TPSA) is 36.3 Å². The third kappa shape index (κ3) is 2.45. The van der Waals surface area contributed by atoms with Gasteiger partial charge >= 0.3 is 0 Å². The molecule has 1 heterocycles. The van der Waals surface area contributed by atoms with Crippen LogP contribution in [0.25, 0.3) is 0 Å². The predicted octanol–water partition coefficient (Wildman–Crippen LogP) is 4.12. The lowest BCUT2D eigenvalue weighted by Crippen LogP contribution is -2.33. The van der Waals surface area contributed by atoms with Gasteiger partial charge in [0, 0.05) is 24.3 Å². The minimum Gasteiger partial charge on any atom is -0.456 e. The van der Waals surface area contributed by atoms with Gasteiger partial charge in [0.25, 0.3) is 0 Å². The molecule has 3 nitrogen and oxygen atoms in total. The van der Waals surface area contributed by atoms with E-state index in [0.29, 0.717) is 17.4 Å². The number of rotatable bonds is 2. The Morgan fingerprint density at radius 2 is 1.95 bits per heavy atom. The molecule has 0 fully saturated rings. The molecule has 0 aliphatic carbocycles. The number of hydrogen-bond donors (Lipinski definition) is 0. The summed E-state index contributed by atoms with van der Waals surface area (Å²) in [6.07, 6.45) is 2.02. The predicted molar refractivity (Wildman–Crippen MR) is 83.9 cm³/mol. The Labute approximate surface area is 125 Å². The highest BCUT2D eigenvalue weighted by molar-refractivity contribution is 5.66. The van der Waals surface area contributed by atoms with Gasteiger partial charge in [0.15, 0.2) is 0 Å². The summed E-state index contributed by atoms with van der Waals surface area (Å²) in [6, 6.07) is 16.3. The van der Waals surface area contributed by atoms with Gasteiger partial charge in [0.1, 0.15) is 17.6 Å². The van der Waals surface area contributed by atoms with E-state index in [1.54, 1.807) is 0 Å². The average molecular weight is 278 g/mol. The van der Waals surface area contributed by atoms with Crippen LogP contribution in [-0.4, -0.2) is 13.1 Å². The number of fused-ring (bicyclic) bond motifs is 1. The molecule has 1 aliphatic rings. The first-order chi connectivity index (χ1) is 10.2. The summed E-state index contributed by atoms with van der Waals surface area (Å²) in [6.45, 7) is 2.22. The highest BCUT2D eigenvalue weighted by atomic mass is 16.5. The molecule has 0 radical (unpaired) electrons. The van der Waals surface area contributed by atoms with E-state index in [0.717, 1.165) is 24.2 Å². The maximum atomic E-state index is 9.37. The van der Waals surface area contributed by atoms with Crippen LogP contribution in [0.1, 0.15) is 24.5 Å². The SMILES string of the molecule is CC1CCc2c(ccc(C#N)c2Oc2ccccc2)N1C. The van der Waals surface area contributed by atoms with Gasteiger partial charge in [-0.05, 0) is 44.0 Å². The molecule has 0 N–H and O–H groups in total. The summed E-state index contributed by atoms with van der Waals surface area (Å²) < 4.78 is 6.03. The molecule has 0 amide bonds. The first-order valence-electron chi connectivity index (χ1n) is 7.22. The average Bonchev–Trinajstić information content (AvgIpc) is 2.52. The van der Waals surface area contributed by atoms with Crippen molar-refractivity contribution in [3.63, 3.8) is 0 Å². The van der Waals surface area contributed by atoms with E-state index in [9.17, 15) is 5.26 Å². The van der Waals surface area contributed by atoms with Crippen molar-refractivity contribution in [3.05, 3.63) is 53.6 Å². The van der Waals surface area contributed by atoms with Crippen LogP contribution in [0.3, 0.4) is 0 Å². The molecule has 1 unspecified atom stereocenters. The van der Waals surface area contributed by atoms with E-state index in [2.05, 4.69) is 24.9 Å². The van der Waals surface area contributed by atoms with Crippen molar-refractivity contribution in [2.45, 2.75) is 25.8 Å². The van der Waals surface area contributed by atoms with E-state index in [-0.39, 0.29) is 0 Å². The molecule has 1 atom stereocenters. The van der Waals surface area contributed by atoms with Crippen molar-refractivity contribution in [1.29, 1.82) is 5.26 Å². The van der Waals surface area contributed by atoms with E-state index < -0.39 is 0 Å². The molecule has 3 heteroatoms. The number of benzene rings is 2. The zero-order valence-corrected chi connectivity index (χ0v) is 12.3. The quantitative estimate of drug-likeness (QED) is 0.829. The number of hydrogen-bond acceptors (Lipinski definition) is 3. The van der Waals surface area contributed by atoms with Crippen molar-refractivity contribution < 1.29 is 4.74 Å². The first kappa shape index (κ1) is 13.5. The van der Waals surface area contributed by atoms with Gasteiger partial charge in [-0.2, -0.15) is 5.26 Å². The Morgan fingerprint density at radius 1 is 1.19 bits per heavy atom. The van der Waals surface area contributed by atoms with E-state index in [1.165, 1.54) is 5.69 Å². The molecule has 0 saturated carbocycles. The fourth-order valence-electron chi connectivity index (χ4n) is 2.78. The maximum Gasteiger partial charge on any atom is 0.150 e. The van der Waals surface area contributed by atoms with Gasteiger partial charge in [-0.1, -0.05) is 18.2 Å². The van der Waals surface area contributed by atoms with E-state index in [4.69, 9.17) is 4.74 Å². The minimum absolute atomic E-state index is 0.509. The van der Waals surface area contributed by atoms with Crippen LogP contribution in [0.15, 0.2) is 42.5 Å². The molecule has 1 aliphatic heterocycles. The number of nitrogens with zero attached hydrogens (tertiary/aromatic N) is 2. The fourth-order valence-corrected chi connectivity index (χ4v) is 2.78. The van der Waals surface area contributed by atoms with E-state index >= 15 is 0 Å².